The fourth-order valence-electron chi connectivity index (χ4n) is 2.61. The number of amides is 2. The first-order valence-corrected chi connectivity index (χ1v) is 9.23. The van der Waals surface area contributed by atoms with Crippen LogP contribution in [0.2, 0.25) is 5.02 Å². The van der Waals surface area contributed by atoms with Crippen LogP contribution in [-0.4, -0.2) is 68.3 Å². The van der Waals surface area contributed by atoms with Gasteiger partial charge in [-0.1, -0.05) is 29.4 Å². The Balaban J connectivity index is 1.59. The van der Waals surface area contributed by atoms with E-state index in [0.717, 1.165) is 5.69 Å². The van der Waals surface area contributed by atoms with E-state index in [1.54, 1.807) is 33.7 Å². The molecule has 1 saturated heterocycles. The molecule has 0 aliphatic carbocycles. The molecule has 1 fully saturated rings. The maximum atomic E-state index is 12.4. The molecule has 0 atom stereocenters. The molecule has 3 rings (SSSR count). The molecule has 0 unspecified atom stereocenters. The average molecular weight is 380 g/mol. The lowest BCUT2D eigenvalue weighted by Crippen LogP contribution is -2.50. The number of aromatic nitrogens is 3. The summed E-state index contributed by atoms with van der Waals surface area (Å²) in [4.78, 5) is 27.3. The van der Waals surface area contributed by atoms with Gasteiger partial charge in [0.25, 0.3) is 0 Å². The largest absolute Gasteiger partial charge is 0.339 e. The molecule has 1 aliphatic rings. The number of halogens is 1. The van der Waals surface area contributed by atoms with Crippen molar-refractivity contribution in [3.8, 4) is 5.69 Å². The summed E-state index contributed by atoms with van der Waals surface area (Å²) in [7, 11) is 0. The van der Waals surface area contributed by atoms with Crippen molar-refractivity contribution in [2.75, 3.05) is 31.9 Å². The van der Waals surface area contributed by atoms with Gasteiger partial charge in [-0.3, -0.25) is 14.2 Å². The van der Waals surface area contributed by atoms with Gasteiger partial charge in [-0.25, -0.2) is 0 Å². The molecule has 132 valence electrons. The van der Waals surface area contributed by atoms with Crippen LogP contribution in [0.15, 0.2) is 35.7 Å². The second-order valence-electron chi connectivity index (χ2n) is 5.64. The van der Waals surface area contributed by atoms with Crippen LogP contribution >= 0.6 is 23.4 Å². The summed E-state index contributed by atoms with van der Waals surface area (Å²) in [5.41, 5.74) is 0.850. The maximum Gasteiger partial charge on any atom is 0.233 e. The van der Waals surface area contributed by atoms with Gasteiger partial charge in [-0.15, -0.1) is 10.2 Å². The zero-order chi connectivity index (χ0) is 17.8. The highest BCUT2D eigenvalue weighted by atomic mass is 35.5. The van der Waals surface area contributed by atoms with Crippen LogP contribution in [0.3, 0.4) is 0 Å². The van der Waals surface area contributed by atoms with E-state index in [1.807, 2.05) is 18.2 Å². The van der Waals surface area contributed by atoms with E-state index in [4.69, 9.17) is 11.6 Å². The molecule has 9 heteroatoms. The summed E-state index contributed by atoms with van der Waals surface area (Å²) in [5.74, 6) is 0.365. The van der Waals surface area contributed by atoms with E-state index in [9.17, 15) is 9.59 Å². The molecule has 2 heterocycles. The molecular weight excluding hydrogens is 362 g/mol. The summed E-state index contributed by atoms with van der Waals surface area (Å²) < 4.78 is 1.80. The molecule has 2 aromatic rings. The third kappa shape index (κ3) is 4.32. The molecule has 1 aliphatic heterocycles. The van der Waals surface area contributed by atoms with Gasteiger partial charge >= 0.3 is 0 Å². The van der Waals surface area contributed by atoms with Gasteiger partial charge in [-0.2, -0.15) is 0 Å². The lowest BCUT2D eigenvalue weighted by Gasteiger charge is -2.34. The van der Waals surface area contributed by atoms with Crippen molar-refractivity contribution in [2.24, 2.45) is 0 Å². The number of thioether (sulfide) groups is 1. The maximum absolute atomic E-state index is 12.4. The molecule has 0 radical (unpaired) electrons. The van der Waals surface area contributed by atoms with Crippen LogP contribution in [0, 0.1) is 0 Å². The molecule has 25 heavy (non-hydrogen) atoms. The van der Waals surface area contributed by atoms with E-state index < -0.39 is 0 Å². The fraction of sp³-hybridized carbons (Fsp3) is 0.375. The Morgan fingerprint density at radius 3 is 2.60 bits per heavy atom. The van der Waals surface area contributed by atoms with Gasteiger partial charge in [0.2, 0.25) is 11.8 Å². The monoisotopic (exact) mass is 379 g/mol. The SMILES string of the molecule is CC(=O)N1CCN(C(=O)CSc2nncn2-c2cccc(Cl)c2)CC1. The van der Waals surface area contributed by atoms with E-state index in [1.165, 1.54) is 11.8 Å². The van der Waals surface area contributed by atoms with Gasteiger partial charge in [0, 0.05) is 38.1 Å². The number of benzene rings is 1. The predicted molar refractivity (Wildman–Crippen MR) is 95.9 cm³/mol. The Morgan fingerprint density at radius 2 is 1.92 bits per heavy atom. The smallest absolute Gasteiger partial charge is 0.233 e. The van der Waals surface area contributed by atoms with Crippen molar-refractivity contribution in [1.82, 2.24) is 24.6 Å². The van der Waals surface area contributed by atoms with Crippen molar-refractivity contribution in [1.29, 1.82) is 0 Å². The highest BCUT2D eigenvalue weighted by Crippen LogP contribution is 2.22. The predicted octanol–water partition coefficient (Wildman–Crippen LogP) is 1.70. The third-order valence-corrected chi connectivity index (χ3v) is 5.17. The molecule has 0 bridgehead atoms. The molecule has 1 aromatic heterocycles. The molecule has 1 aromatic carbocycles. The number of rotatable bonds is 4. The number of hydrogen-bond donors (Lipinski definition) is 0. The Labute approximate surface area is 154 Å². The Kier molecular flexibility index (Phi) is 5.60. The van der Waals surface area contributed by atoms with E-state index in [2.05, 4.69) is 10.2 Å². The molecule has 0 N–H and O–H groups in total. The van der Waals surface area contributed by atoms with Gasteiger partial charge < -0.3 is 9.80 Å². The van der Waals surface area contributed by atoms with Crippen molar-refractivity contribution in [2.45, 2.75) is 12.1 Å². The first-order chi connectivity index (χ1) is 12.0. The minimum absolute atomic E-state index is 0.0360. The Morgan fingerprint density at radius 1 is 1.20 bits per heavy atom. The molecular formula is C16H18ClN5O2S. The van der Waals surface area contributed by atoms with Gasteiger partial charge in [0.1, 0.15) is 6.33 Å². The first-order valence-electron chi connectivity index (χ1n) is 7.86. The first kappa shape index (κ1) is 17.8. The average Bonchev–Trinajstić information content (AvgIpc) is 3.08. The zero-order valence-corrected chi connectivity index (χ0v) is 15.3. The van der Waals surface area contributed by atoms with Crippen molar-refractivity contribution in [3.63, 3.8) is 0 Å². The van der Waals surface area contributed by atoms with E-state index >= 15 is 0 Å². The van der Waals surface area contributed by atoms with Crippen molar-refractivity contribution >= 4 is 35.2 Å². The minimum atomic E-state index is 0.0360. The lowest BCUT2D eigenvalue weighted by atomic mass is 10.3. The van der Waals surface area contributed by atoms with Crippen LogP contribution in [0.25, 0.3) is 5.69 Å². The van der Waals surface area contributed by atoms with Gasteiger partial charge in [0.15, 0.2) is 5.16 Å². The van der Waals surface area contributed by atoms with Crippen LogP contribution in [-0.2, 0) is 9.59 Å². The van der Waals surface area contributed by atoms with E-state index in [0.29, 0.717) is 36.4 Å². The fourth-order valence-corrected chi connectivity index (χ4v) is 3.63. The lowest BCUT2D eigenvalue weighted by molar-refractivity contribution is -0.136. The number of carbonyl (C=O) groups excluding carboxylic acids is 2. The zero-order valence-electron chi connectivity index (χ0n) is 13.8. The third-order valence-electron chi connectivity index (χ3n) is 4.01. The van der Waals surface area contributed by atoms with Crippen LogP contribution < -0.4 is 0 Å². The Bertz CT molecular complexity index is 773. The number of carbonyl (C=O) groups is 2. The molecule has 7 nitrogen and oxygen atoms in total. The normalized spacial score (nSPS) is 14.6. The van der Waals surface area contributed by atoms with Crippen molar-refractivity contribution < 1.29 is 9.59 Å². The Hall–Kier alpha value is -2.06. The quantitative estimate of drug-likeness (QED) is 0.756. The van der Waals surface area contributed by atoms with Crippen molar-refractivity contribution in [3.05, 3.63) is 35.6 Å². The number of piperazine rings is 1. The number of nitrogens with zero attached hydrogens (tertiary/aromatic N) is 5. The second kappa shape index (κ2) is 7.88. The highest BCUT2D eigenvalue weighted by molar-refractivity contribution is 7.99. The molecule has 0 spiro atoms. The number of hydrogen-bond acceptors (Lipinski definition) is 5. The molecule has 0 saturated carbocycles. The van der Waals surface area contributed by atoms with E-state index in [-0.39, 0.29) is 17.6 Å². The highest BCUT2D eigenvalue weighted by Gasteiger charge is 2.22. The second-order valence-corrected chi connectivity index (χ2v) is 7.02. The van der Waals surface area contributed by atoms with Gasteiger partial charge in [-0.05, 0) is 18.2 Å². The minimum Gasteiger partial charge on any atom is -0.339 e. The topological polar surface area (TPSA) is 71.3 Å². The summed E-state index contributed by atoms with van der Waals surface area (Å²) in [5, 5.41) is 9.28. The summed E-state index contributed by atoms with van der Waals surface area (Å²) in [6.45, 7) is 3.87. The van der Waals surface area contributed by atoms with Crippen LogP contribution in [0.1, 0.15) is 6.92 Å². The van der Waals surface area contributed by atoms with Gasteiger partial charge in [0.05, 0.1) is 11.4 Å². The standard InChI is InChI=1S/C16H18ClN5O2S/c1-12(23)20-5-7-21(8-6-20)15(24)10-25-16-19-18-11-22(16)14-4-2-3-13(17)9-14/h2-4,9,11H,5-8,10H2,1H3. The van der Waals surface area contributed by atoms with Crippen LogP contribution in [0.4, 0.5) is 0 Å². The summed E-state index contributed by atoms with van der Waals surface area (Å²) in [6.07, 6.45) is 1.60. The van der Waals surface area contributed by atoms with Crippen LogP contribution in [0.5, 0.6) is 0 Å². The summed E-state index contributed by atoms with van der Waals surface area (Å²) in [6, 6.07) is 7.37. The molecule has 2 amide bonds. The summed E-state index contributed by atoms with van der Waals surface area (Å²) >= 11 is 7.37.